The van der Waals surface area contributed by atoms with E-state index >= 15 is 0 Å². The Kier molecular flexibility index (Phi) is 7.38. The van der Waals surface area contributed by atoms with Crippen molar-refractivity contribution >= 4 is 43.7 Å². The van der Waals surface area contributed by atoms with Gasteiger partial charge in [-0.15, -0.1) is 0 Å². The van der Waals surface area contributed by atoms with Gasteiger partial charge in [0.25, 0.3) is 0 Å². The molecule has 0 N–H and O–H groups in total. The molecule has 0 atom stereocenters. The van der Waals surface area contributed by atoms with E-state index in [4.69, 9.17) is 19.9 Å². The molecule has 4 aromatic heterocycles. The Bertz CT molecular complexity index is 3160. The Balaban J connectivity index is 1.03. The van der Waals surface area contributed by atoms with Crippen molar-refractivity contribution in [1.29, 1.82) is 0 Å². The number of benzene rings is 7. The highest BCUT2D eigenvalue weighted by Crippen LogP contribution is 2.38. The Morgan fingerprint density at radius 2 is 0.804 bits per heavy atom. The first-order chi connectivity index (χ1) is 27.8. The topological polar surface area (TPSA) is 61.4 Å². The van der Waals surface area contributed by atoms with Crippen LogP contribution < -0.4 is 0 Å². The van der Waals surface area contributed by atoms with Crippen LogP contribution in [0.3, 0.4) is 0 Å². The van der Waals surface area contributed by atoms with Crippen LogP contribution in [0, 0.1) is 0 Å². The van der Waals surface area contributed by atoms with Gasteiger partial charge in [-0.2, -0.15) is 0 Å². The van der Waals surface area contributed by atoms with E-state index in [-0.39, 0.29) is 0 Å². The van der Waals surface area contributed by atoms with Gasteiger partial charge in [0.05, 0.1) is 27.6 Å². The molecule has 0 spiro atoms. The molecule has 0 amide bonds. The predicted molar refractivity (Wildman–Crippen MR) is 228 cm³/mol. The zero-order valence-corrected chi connectivity index (χ0v) is 30.2. The fourth-order valence-corrected chi connectivity index (χ4v) is 7.99. The van der Waals surface area contributed by atoms with Crippen LogP contribution >= 0.6 is 0 Å². The third-order valence-electron chi connectivity index (χ3n) is 10.6. The van der Waals surface area contributed by atoms with E-state index in [0.717, 1.165) is 61.1 Å². The van der Waals surface area contributed by atoms with Gasteiger partial charge in [-0.05, 0) is 90.0 Å². The molecular formula is C50H32N6. The van der Waals surface area contributed by atoms with E-state index in [1.807, 2.05) is 72.9 Å². The lowest BCUT2D eigenvalue weighted by molar-refractivity contribution is 1.07. The number of aromatic nitrogens is 6. The van der Waals surface area contributed by atoms with Gasteiger partial charge in [0.2, 0.25) is 0 Å². The molecule has 0 saturated carbocycles. The van der Waals surface area contributed by atoms with Crippen molar-refractivity contribution < 1.29 is 0 Å². The first-order valence-electron chi connectivity index (χ1n) is 18.7. The molecule has 11 aromatic rings. The van der Waals surface area contributed by atoms with Crippen LogP contribution in [0.25, 0.3) is 100 Å². The fourth-order valence-electron chi connectivity index (χ4n) is 7.99. The first kappa shape index (κ1) is 31.8. The second-order valence-corrected chi connectivity index (χ2v) is 13.9. The zero-order chi connectivity index (χ0) is 37.0. The highest BCUT2D eigenvalue weighted by Gasteiger charge is 2.18. The molecule has 56 heavy (non-hydrogen) atoms. The minimum absolute atomic E-state index is 0.624. The van der Waals surface area contributed by atoms with E-state index in [1.165, 1.54) is 21.8 Å². The molecule has 0 radical (unpaired) electrons. The number of fused-ring (bicyclic) bond motifs is 6. The monoisotopic (exact) mass is 716 g/mol. The number of hydrogen-bond acceptors (Lipinski definition) is 4. The second-order valence-electron chi connectivity index (χ2n) is 13.9. The molecule has 4 heterocycles. The second kappa shape index (κ2) is 13.0. The summed E-state index contributed by atoms with van der Waals surface area (Å²) >= 11 is 0. The standard InChI is InChI=1S/C50H32N6/c1-4-13-33(14-5-1)48-52-49(34-15-6-2-7-16-34)54-50(53-48)35-22-26-39(27-23-35)56-45-21-12-30-51-47(45)41-28-24-37(32-46(41)56)36-25-29-44-42(31-36)40-19-10-11-20-43(40)55(44)38-17-8-3-9-18-38/h1-32H. The number of pyridine rings is 1. The van der Waals surface area contributed by atoms with Crippen molar-refractivity contribution in [1.82, 2.24) is 29.1 Å². The van der Waals surface area contributed by atoms with Crippen LogP contribution in [0.1, 0.15) is 0 Å². The maximum atomic E-state index is 4.96. The molecule has 262 valence electrons. The Morgan fingerprint density at radius 1 is 0.304 bits per heavy atom. The summed E-state index contributed by atoms with van der Waals surface area (Å²) in [6.45, 7) is 0. The Labute approximate surface area is 322 Å². The third-order valence-corrected chi connectivity index (χ3v) is 10.6. The van der Waals surface area contributed by atoms with Crippen molar-refractivity contribution in [2.75, 3.05) is 0 Å². The molecule has 0 fully saturated rings. The van der Waals surface area contributed by atoms with Crippen molar-refractivity contribution in [3.63, 3.8) is 0 Å². The number of hydrogen-bond donors (Lipinski definition) is 0. The van der Waals surface area contributed by atoms with E-state index < -0.39 is 0 Å². The van der Waals surface area contributed by atoms with Crippen LogP contribution in [0.15, 0.2) is 194 Å². The van der Waals surface area contributed by atoms with Gasteiger partial charge in [-0.25, -0.2) is 15.0 Å². The van der Waals surface area contributed by atoms with Crippen molar-refractivity contribution in [2.24, 2.45) is 0 Å². The summed E-state index contributed by atoms with van der Waals surface area (Å²) < 4.78 is 4.66. The maximum absolute atomic E-state index is 4.96. The summed E-state index contributed by atoms with van der Waals surface area (Å²) in [6, 6.07) is 65.6. The van der Waals surface area contributed by atoms with Gasteiger partial charge in [-0.1, -0.05) is 109 Å². The fraction of sp³-hybridized carbons (Fsp3) is 0. The molecule has 11 rings (SSSR count). The van der Waals surface area contributed by atoms with Crippen LogP contribution in [-0.2, 0) is 0 Å². The Hall–Kier alpha value is -7.70. The molecule has 7 aromatic carbocycles. The number of nitrogens with zero attached hydrogens (tertiary/aromatic N) is 6. The van der Waals surface area contributed by atoms with Crippen LogP contribution in [0.2, 0.25) is 0 Å². The van der Waals surface area contributed by atoms with Crippen molar-refractivity contribution in [3.05, 3.63) is 194 Å². The van der Waals surface area contributed by atoms with Gasteiger partial charge in [0, 0.05) is 50.4 Å². The Morgan fingerprint density at radius 3 is 1.50 bits per heavy atom. The summed E-state index contributed by atoms with van der Waals surface area (Å²) in [7, 11) is 0. The minimum atomic E-state index is 0.624. The van der Waals surface area contributed by atoms with Crippen LogP contribution in [0.5, 0.6) is 0 Å². The molecule has 0 aliphatic rings. The highest BCUT2D eigenvalue weighted by atomic mass is 15.0. The predicted octanol–water partition coefficient (Wildman–Crippen LogP) is 12.1. The normalized spacial score (nSPS) is 11.6. The van der Waals surface area contributed by atoms with Gasteiger partial charge < -0.3 is 9.13 Å². The third kappa shape index (κ3) is 5.27. The number of rotatable bonds is 6. The summed E-state index contributed by atoms with van der Waals surface area (Å²) in [4.78, 5) is 19.6. The van der Waals surface area contributed by atoms with E-state index in [2.05, 4.69) is 130 Å². The van der Waals surface area contributed by atoms with E-state index in [1.54, 1.807) is 0 Å². The van der Waals surface area contributed by atoms with Crippen LogP contribution in [-0.4, -0.2) is 29.1 Å². The maximum Gasteiger partial charge on any atom is 0.164 e. The smallest absolute Gasteiger partial charge is 0.164 e. The minimum Gasteiger partial charge on any atom is -0.309 e. The largest absolute Gasteiger partial charge is 0.309 e. The molecular weight excluding hydrogens is 685 g/mol. The van der Waals surface area contributed by atoms with Crippen molar-refractivity contribution in [3.8, 4) is 56.7 Å². The lowest BCUT2D eigenvalue weighted by Crippen LogP contribution is -2.00. The lowest BCUT2D eigenvalue weighted by Gasteiger charge is -2.11. The summed E-state index contributed by atoms with van der Waals surface area (Å²) in [5.41, 5.74) is 12.8. The molecule has 6 heteroatoms. The molecule has 0 unspecified atom stereocenters. The molecule has 0 aliphatic carbocycles. The van der Waals surface area contributed by atoms with E-state index in [9.17, 15) is 0 Å². The average Bonchev–Trinajstić information content (AvgIpc) is 3.79. The summed E-state index contributed by atoms with van der Waals surface area (Å²) in [5, 5.41) is 3.56. The van der Waals surface area contributed by atoms with Gasteiger partial charge in [-0.3, -0.25) is 4.98 Å². The lowest BCUT2D eigenvalue weighted by atomic mass is 10.0. The van der Waals surface area contributed by atoms with Crippen LogP contribution in [0.4, 0.5) is 0 Å². The molecule has 0 aliphatic heterocycles. The van der Waals surface area contributed by atoms with Gasteiger partial charge >= 0.3 is 0 Å². The number of para-hydroxylation sites is 2. The SMILES string of the molecule is c1ccc(-c2nc(-c3ccccc3)nc(-c3ccc(-n4c5cc(-c6ccc7c(c6)c6ccccc6n7-c6ccccc6)ccc5c5ncccc54)cc3)n2)cc1. The summed E-state index contributed by atoms with van der Waals surface area (Å²) in [5.74, 6) is 1.91. The molecule has 6 nitrogen and oxygen atoms in total. The molecule has 0 bridgehead atoms. The average molecular weight is 717 g/mol. The van der Waals surface area contributed by atoms with E-state index in [0.29, 0.717) is 17.5 Å². The van der Waals surface area contributed by atoms with Crippen molar-refractivity contribution in [2.45, 2.75) is 0 Å². The highest BCUT2D eigenvalue weighted by molar-refractivity contribution is 6.11. The van der Waals surface area contributed by atoms with Gasteiger partial charge in [0.1, 0.15) is 0 Å². The quantitative estimate of drug-likeness (QED) is 0.172. The van der Waals surface area contributed by atoms with Gasteiger partial charge in [0.15, 0.2) is 17.5 Å². The summed E-state index contributed by atoms with van der Waals surface area (Å²) in [6.07, 6.45) is 1.87. The molecule has 0 saturated heterocycles. The first-order valence-corrected chi connectivity index (χ1v) is 18.7. The zero-order valence-electron chi connectivity index (χ0n) is 30.2.